The highest BCUT2D eigenvalue weighted by Crippen LogP contribution is 2.51. The number of thiazole rings is 1. The molecule has 1 aromatic heterocycles. The average molecular weight is 569 g/mol. The molecule has 12 heteroatoms. The molecule has 0 saturated heterocycles. The Hall–Kier alpha value is -2.85. The summed E-state index contributed by atoms with van der Waals surface area (Å²) in [6.45, 7) is 6.57. The van der Waals surface area contributed by atoms with Crippen molar-refractivity contribution in [3.63, 3.8) is 0 Å². The van der Waals surface area contributed by atoms with Gasteiger partial charge < -0.3 is 18.5 Å². The van der Waals surface area contributed by atoms with Gasteiger partial charge in [0.05, 0.1) is 31.2 Å². The van der Waals surface area contributed by atoms with Crippen LogP contribution in [0.25, 0.3) is 0 Å². The van der Waals surface area contributed by atoms with Gasteiger partial charge >= 0.3 is 13.5 Å². The summed E-state index contributed by atoms with van der Waals surface area (Å²) in [5.41, 5.74) is 0.400. The van der Waals surface area contributed by atoms with Crippen LogP contribution in [0.2, 0.25) is 0 Å². The Labute approximate surface area is 224 Å². The number of amides is 1. The molecule has 0 radical (unpaired) electrons. The van der Waals surface area contributed by atoms with Crippen LogP contribution < -0.4 is 14.8 Å². The lowest BCUT2D eigenvalue weighted by atomic mass is 10.1. The fraction of sp³-hybridized carbons (Fsp3) is 0.385. The summed E-state index contributed by atoms with van der Waals surface area (Å²) in [4.78, 5) is 17.3. The van der Waals surface area contributed by atoms with Gasteiger partial charge in [0.1, 0.15) is 11.5 Å². The third-order valence-corrected chi connectivity index (χ3v) is 7.73. The maximum Gasteiger partial charge on any atom is 0.336 e. The molecule has 3 aromatic rings. The summed E-state index contributed by atoms with van der Waals surface area (Å²) in [6, 6.07) is 11.7. The van der Waals surface area contributed by atoms with Gasteiger partial charge in [-0.3, -0.25) is 14.7 Å². The molecule has 0 aliphatic carbocycles. The quantitative estimate of drug-likeness (QED) is 0.207. The number of benzene rings is 2. The molecule has 38 heavy (non-hydrogen) atoms. The average Bonchev–Trinajstić information content (AvgIpc) is 3.29. The molecule has 0 spiro atoms. The van der Waals surface area contributed by atoms with Crippen molar-refractivity contribution in [2.75, 3.05) is 25.1 Å². The topological polar surface area (TPSA) is 96.0 Å². The highest BCUT2D eigenvalue weighted by Gasteiger charge is 2.32. The number of carbonyl (C=O) groups excluding carboxylic acids is 1. The number of aromatic nitrogens is 1. The summed E-state index contributed by atoms with van der Waals surface area (Å²) in [5, 5.41) is 4.59. The number of carbonyl (C=O) groups is 1. The van der Waals surface area contributed by atoms with Gasteiger partial charge in [0.2, 0.25) is 0 Å². The summed E-state index contributed by atoms with van der Waals surface area (Å²) >= 11 is 1.14. The van der Waals surface area contributed by atoms with Gasteiger partial charge in [-0.25, -0.2) is 4.98 Å². The predicted octanol–water partition coefficient (Wildman–Crippen LogP) is 7.12. The standard InChI is InChI=1S/C26H31F2N2O6PS/c1-5-34-37(32,35-6-2)15-21-16-38-25(29-21)30-24(31)19-12-22(14-23(13-19)36-18(3)4)33-17-26(27,28)20-10-8-7-9-11-20/h7-14,16,18H,5-6,15,17H2,1-4H3,(H,29,30,31). The van der Waals surface area contributed by atoms with Crippen LogP contribution in [0.3, 0.4) is 0 Å². The van der Waals surface area contributed by atoms with Gasteiger partial charge in [-0.1, -0.05) is 30.3 Å². The van der Waals surface area contributed by atoms with Crippen molar-refractivity contribution in [2.24, 2.45) is 0 Å². The Morgan fingerprint density at radius 3 is 2.37 bits per heavy atom. The second-order valence-corrected chi connectivity index (χ2v) is 11.3. The van der Waals surface area contributed by atoms with Gasteiger partial charge in [-0.05, 0) is 39.8 Å². The Bertz CT molecular complexity index is 1250. The minimum absolute atomic E-state index is 0.0353. The highest BCUT2D eigenvalue weighted by atomic mass is 32.1. The fourth-order valence-corrected chi connectivity index (χ4v) is 5.82. The molecule has 8 nitrogen and oxygen atoms in total. The molecule has 1 amide bonds. The van der Waals surface area contributed by atoms with E-state index in [1.807, 2.05) is 0 Å². The van der Waals surface area contributed by atoms with E-state index in [1.165, 1.54) is 42.5 Å². The van der Waals surface area contributed by atoms with E-state index in [1.54, 1.807) is 39.1 Å². The van der Waals surface area contributed by atoms with Crippen LogP contribution in [0.5, 0.6) is 11.5 Å². The number of anilines is 1. The zero-order valence-corrected chi connectivity index (χ0v) is 23.3. The Morgan fingerprint density at radius 2 is 1.74 bits per heavy atom. The normalized spacial score (nSPS) is 12.0. The molecule has 0 atom stereocenters. The van der Waals surface area contributed by atoms with Crippen molar-refractivity contribution in [3.8, 4) is 11.5 Å². The third-order valence-electron chi connectivity index (χ3n) is 4.91. The first kappa shape index (κ1) is 29.7. The minimum Gasteiger partial charge on any atom is -0.491 e. The van der Waals surface area contributed by atoms with Gasteiger partial charge in [0.15, 0.2) is 11.7 Å². The Kier molecular flexibility index (Phi) is 10.4. The van der Waals surface area contributed by atoms with E-state index >= 15 is 0 Å². The SMILES string of the molecule is CCOP(=O)(Cc1csc(NC(=O)c2cc(OCC(F)(F)c3ccccc3)cc(OC(C)C)c2)n1)OCC. The van der Waals surface area contributed by atoms with Crippen LogP contribution in [0.15, 0.2) is 53.9 Å². The maximum atomic E-state index is 14.6. The molecule has 0 unspecified atom stereocenters. The lowest BCUT2D eigenvalue weighted by Crippen LogP contribution is -2.23. The van der Waals surface area contributed by atoms with Crippen molar-refractivity contribution < 1.29 is 36.7 Å². The number of nitrogens with one attached hydrogen (secondary N) is 1. The monoisotopic (exact) mass is 568 g/mol. The zero-order chi connectivity index (χ0) is 27.8. The zero-order valence-electron chi connectivity index (χ0n) is 21.6. The van der Waals surface area contributed by atoms with E-state index < -0.39 is 26.0 Å². The number of hydrogen-bond donors (Lipinski definition) is 1. The van der Waals surface area contributed by atoms with E-state index in [4.69, 9.17) is 18.5 Å². The lowest BCUT2D eigenvalue weighted by Gasteiger charge is -2.19. The first-order chi connectivity index (χ1) is 18.0. The van der Waals surface area contributed by atoms with Crippen LogP contribution in [0.1, 0.15) is 49.3 Å². The van der Waals surface area contributed by atoms with E-state index in [0.717, 1.165) is 11.3 Å². The third kappa shape index (κ3) is 8.59. The molecule has 0 bridgehead atoms. The molecular formula is C26H31F2N2O6PS. The summed E-state index contributed by atoms with van der Waals surface area (Å²) in [5.74, 6) is -3.44. The van der Waals surface area contributed by atoms with Gasteiger partial charge in [-0.2, -0.15) is 8.78 Å². The van der Waals surface area contributed by atoms with Crippen LogP contribution in [-0.4, -0.2) is 36.8 Å². The fourth-order valence-electron chi connectivity index (χ4n) is 3.39. The summed E-state index contributed by atoms with van der Waals surface area (Å²) in [7, 11) is -3.35. The molecule has 1 heterocycles. The summed E-state index contributed by atoms with van der Waals surface area (Å²) in [6.07, 6.45) is -0.258. The van der Waals surface area contributed by atoms with Gasteiger partial charge in [0.25, 0.3) is 5.91 Å². The molecule has 0 aliphatic rings. The molecule has 0 saturated carbocycles. The van der Waals surface area contributed by atoms with E-state index in [2.05, 4.69) is 10.3 Å². The van der Waals surface area contributed by atoms with Gasteiger partial charge in [0, 0.05) is 22.6 Å². The highest BCUT2D eigenvalue weighted by molar-refractivity contribution is 7.53. The Morgan fingerprint density at radius 1 is 1.08 bits per heavy atom. The number of alkyl halides is 2. The lowest BCUT2D eigenvalue weighted by molar-refractivity contribution is -0.0467. The number of nitrogens with zero attached hydrogens (tertiary/aromatic N) is 1. The molecule has 1 N–H and O–H groups in total. The Balaban J connectivity index is 1.76. The van der Waals surface area contributed by atoms with E-state index in [-0.39, 0.29) is 47.5 Å². The largest absolute Gasteiger partial charge is 0.491 e. The van der Waals surface area contributed by atoms with Crippen molar-refractivity contribution >= 4 is 30.0 Å². The van der Waals surface area contributed by atoms with Crippen LogP contribution >= 0.6 is 18.9 Å². The number of hydrogen-bond acceptors (Lipinski definition) is 8. The van der Waals surface area contributed by atoms with Crippen LogP contribution in [-0.2, 0) is 25.7 Å². The second-order valence-electron chi connectivity index (χ2n) is 8.42. The minimum atomic E-state index is -3.35. The second kappa shape index (κ2) is 13.3. The van der Waals surface area contributed by atoms with E-state index in [0.29, 0.717) is 11.4 Å². The first-order valence-electron chi connectivity index (χ1n) is 12.1. The predicted molar refractivity (Wildman–Crippen MR) is 143 cm³/mol. The summed E-state index contributed by atoms with van der Waals surface area (Å²) < 4.78 is 63.7. The maximum absolute atomic E-state index is 14.6. The van der Waals surface area contributed by atoms with Crippen molar-refractivity contribution in [1.82, 2.24) is 4.98 Å². The number of rotatable bonds is 14. The van der Waals surface area contributed by atoms with Crippen molar-refractivity contribution in [1.29, 1.82) is 0 Å². The first-order valence-corrected chi connectivity index (χ1v) is 14.7. The molecule has 2 aromatic carbocycles. The molecule has 3 rings (SSSR count). The van der Waals surface area contributed by atoms with Crippen molar-refractivity contribution in [3.05, 3.63) is 70.7 Å². The smallest absolute Gasteiger partial charge is 0.336 e. The molecule has 206 valence electrons. The molecular weight excluding hydrogens is 537 g/mol. The van der Waals surface area contributed by atoms with Crippen molar-refractivity contribution in [2.45, 2.75) is 45.9 Å². The molecule has 0 aliphatic heterocycles. The van der Waals surface area contributed by atoms with Gasteiger partial charge in [-0.15, -0.1) is 11.3 Å². The number of halogens is 2. The van der Waals surface area contributed by atoms with E-state index in [9.17, 15) is 18.1 Å². The molecule has 0 fully saturated rings. The number of ether oxygens (including phenoxy) is 2. The van der Waals surface area contributed by atoms with Crippen LogP contribution in [0.4, 0.5) is 13.9 Å². The van der Waals surface area contributed by atoms with Crippen LogP contribution in [0, 0.1) is 0 Å².